The molecule has 0 aliphatic carbocycles. The van der Waals surface area contributed by atoms with Gasteiger partial charge in [-0.3, -0.25) is 0 Å². The molecule has 0 fully saturated rings. The van der Waals surface area contributed by atoms with E-state index in [1.54, 1.807) is 7.11 Å². The predicted molar refractivity (Wildman–Crippen MR) is 47.8 cm³/mol. The monoisotopic (exact) mass is 161 g/mol. The highest BCUT2D eigenvalue weighted by atomic mass is 28.1. The molecule has 1 rings (SSSR count). The van der Waals surface area contributed by atoms with Crippen LogP contribution in [-0.4, -0.2) is 17.4 Å². The van der Waals surface area contributed by atoms with Crippen LogP contribution < -0.4 is 4.74 Å². The third kappa shape index (κ3) is 1.71. The fraction of sp³-hybridized carbons (Fsp3) is 0.111. The summed E-state index contributed by atoms with van der Waals surface area (Å²) in [4.78, 5) is 0. The quantitative estimate of drug-likeness (QED) is 0.601. The molecule has 2 heteroatoms. The van der Waals surface area contributed by atoms with Crippen LogP contribution in [0.25, 0.3) is 5.20 Å². The molecule has 0 heterocycles. The molecule has 55 valence electrons. The Labute approximate surface area is 70.1 Å². The van der Waals surface area contributed by atoms with Crippen molar-refractivity contribution in [1.82, 2.24) is 0 Å². The van der Waals surface area contributed by atoms with Crippen molar-refractivity contribution < 1.29 is 4.74 Å². The summed E-state index contributed by atoms with van der Waals surface area (Å²) in [6.07, 6.45) is 0. The van der Waals surface area contributed by atoms with Crippen LogP contribution in [0, 0.1) is 0 Å². The molecule has 1 aromatic carbocycles. The minimum atomic E-state index is 0.836. The topological polar surface area (TPSA) is 9.23 Å². The van der Waals surface area contributed by atoms with Crippen molar-refractivity contribution in [3.05, 3.63) is 36.4 Å². The molecule has 3 radical (unpaired) electrons. The van der Waals surface area contributed by atoms with Crippen LogP contribution >= 0.6 is 0 Å². The molecule has 0 N–H and O–H groups in total. The maximum Gasteiger partial charge on any atom is 0.125 e. The Bertz CT molecular complexity index is 268. The summed E-state index contributed by atoms with van der Waals surface area (Å²) in [5.74, 6) is 0.840. The van der Waals surface area contributed by atoms with E-state index in [4.69, 9.17) is 4.74 Å². The Hall–Kier alpha value is -1.02. The van der Waals surface area contributed by atoms with E-state index in [-0.39, 0.29) is 0 Å². The lowest BCUT2D eigenvalue weighted by Gasteiger charge is -2.06. The van der Waals surface area contributed by atoms with E-state index in [1.165, 1.54) is 0 Å². The zero-order chi connectivity index (χ0) is 8.27. The van der Waals surface area contributed by atoms with E-state index in [0.717, 1.165) is 16.5 Å². The second-order valence-corrected chi connectivity index (χ2v) is 2.78. The average Bonchev–Trinajstić information content (AvgIpc) is 2.04. The summed E-state index contributed by atoms with van der Waals surface area (Å²) in [5.41, 5.74) is 0.992. The van der Waals surface area contributed by atoms with Crippen LogP contribution in [0.2, 0.25) is 0 Å². The van der Waals surface area contributed by atoms with Crippen molar-refractivity contribution in [2.75, 3.05) is 7.11 Å². The first kappa shape index (κ1) is 8.08. The molecule has 0 aliphatic rings. The molecule has 0 atom stereocenters. The zero-order valence-electron chi connectivity index (χ0n) is 6.42. The Morgan fingerprint density at radius 3 is 2.55 bits per heavy atom. The van der Waals surface area contributed by atoms with Crippen LogP contribution in [0.5, 0.6) is 5.75 Å². The Morgan fingerprint density at radius 1 is 1.45 bits per heavy atom. The number of para-hydroxylation sites is 1. The lowest BCUT2D eigenvalue weighted by molar-refractivity contribution is 0.414. The van der Waals surface area contributed by atoms with E-state index < -0.39 is 0 Å². The van der Waals surface area contributed by atoms with Crippen molar-refractivity contribution >= 4 is 15.4 Å². The summed E-state index contributed by atoms with van der Waals surface area (Å²) < 4.78 is 5.11. The van der Waals surface area contributed by atoms with Crippen molar-refractivity contribution in [2.24, 2.45) is 0 Å². The van der Waals surface area contributed by atoms with Crippen molar-refractivity contribution in [3.8, 4) is 5.75 Å². The molecule has 0 aliphatic heterocycles. The maximum absolute atomic E-state index is 5.11. The van der Waals surface area contributed by atoms with Gasteiger partial charge in [0.25, 0.3) is 0 Å². The second kappa shape index (κ2) is 3.39. The number of hydrogen-bond acceptors (Lipinski definition) is 1. The molecule has 0 bridgehead atoms. The minimum Gasteiger partial charge on any atom is -0.496 e. The van der Waals surface area contributed by atoms with Crippen LogP contribution in [-0.2, 0) is 0 Å². The van der Waals surface area contributed by atoms with Crippen LogP contribution in [0.15, 0.2) is 30.8 Å². The van der Waals surface area contributed by atoms with Crippen molar-refractivity contribution in [2.45, 2.75) is 0 Å². The SMILES string of the molecule is C=C([Si])c1ccccc1OC. The van der Waals surface area contributed by atoms with Gasteiger partial charge in [0.05, 0.1) is 17.4 Å². The predicted octanol–water partition coefficient (Wildman–Crippen LogP) is 1.83. The second-order valence-electron chi connectivity index (χ2n) is 2.18. The van der Waals surface area contributed by atoms with Gasteiger partial charge in [-0.05, 0) is 6.07 Å². The average molecular weight is 161 g/mol. The molecule has 0 spiro atoms. The van der Waals surface area contributed by atoms with Gasteiger partial charge in [-0.25, -0.2) is 0 Å². The molecule has 0 saturated carbocycles. The molecule has 0 amide bonds. The third-order valence-electron chi connectivity index (χ3n) is 1.43. The first-order chi connectivity index (χ1) is 5.25. The van der Waals surface area contributed by atoms with Crippen LogP contribution in [0.4, 0.5) is 0 Å². The zero-order valence-corrected chi connectivity index (χ0v) is 7.42. The van der Waals surface area contributed by atoms with Crippen molar-refractivity contribution in [3.63, 3.8) is 0 Å². The van der Waals surface area contributed by atoms with Crippen LogP contribution in [0.3, 0.4) is 0 Å². The Kier molecular flexibility index (Phi) is 2.49. The first-order valence-electron chi connectivity index (χ1n) is 3.29. The van der Waals surface area contributed by atoms with Gasteiger partial charge in [-0.1, -0.05) is 30.0 Å². The number of hydrogen-bond donors (Lipinski definition) is 0. The van der Waals surface area contributed by atoms with Gasteiger partial charge >= 0.3 is 0 Å². The molecular formula is C9H9OSi. The van der Waals surface area contributed by atoms with Crippen molar-refractivity contribution in [1.29, 1.82) is 0 Å². The number of benzene rings is 1. The van der Waals surface area contributed by atoms with Gasteiger partial charge in [0.1, 0.15) is 5.75 Å². The van der Waals surface area contributed by atoms with Gasteiger partial charge in [-0.2, -0.15) is 0 Å². The van der Waals surface area contributed by atoms with Gasteiger partial charge < -0.3 is 4.74 Å². The number of ether oxygens (including phenoxy) is 1. The maximum atomic E-state index is 5.11. The third-order valence-corrected chi connectivity index (χ3v) is 1.70. The number of rotatable bonds is 2. The fourth-order valence-corrected chi connectivity index (χ4v) is 1.10. The standard InChI is InChI=1S/C9H9OSi/c1-7(11)8-5-3-4-6-9(8)10-2/h3-6H,1H2,2H3. The smallest absolute Gasteiger partial charge is 0.125 e. The molecule has 1 aromatic rings. The fourth-order valence-electron chi connectivity index (χ4n) is 0.894. The Morgan fingerprint density at radius 2 is 2.09 bits per heavy atom. The van der Waals surface area contributed by atoms with Gasteiger partial charge in [0, 0.05) is 5.56 Å². The summed E-state index contributed by atoms with van der Waals surface area (Å²) in [5, 5.41) is 0.836. The summed E-state index contributed by atoms with van der Waals surface area (Å²) in [6, 6.07) is 7.73. The van der Waals surface area contributed by atoms with E-state index in [2.05, 4.69) is 16.8 Å². The lowest BCUT2D eigenvalue weighted by atomic mass is 10.2. The molecule has 0 saturated heterocycles. The summed E-state index contributed by atoms with van der Waals surface area (Å²) in [6.45, 7) is 3.77. The normalized spacial score (nSPS) is 9.27. The van der Waals surface area contributed by atoms with Gasteiger partial charge in [0.15, 0.2) is 0 Å². The molecular weight excluding hydrogens is 152 g/mol. The van der Waals surface area contributed by atoms with E-state index >= 15 is 0 Å². The Balaban J connectivity index is 3.12. The highest BCUT2D eigenvalue weighted by molar-refractivity contribution is 6.42. The van der Waals surface area contributed by atoms with Crippen LogP contribution in [0.1, 0.15) is 5.56 Å². The summed E-state index contributed by atoms with van der Waals surface area (Å²) >= 11 is 0. The molecule has 11 heavy (non-hydrogen) atoms. The highest BCUT2D eigenvalue weighted by Gasteiger charge is 1.99. The van der Waals surface area contributed by atoms with Gasteiger partial charge in [0.2, 0.25) is 0 Å². The first-order valence-corrected chi connectivity index (χ1v) is 3.79. The molecule has 0 aromatic heterocycles. The van der Waals surface area contributed by atoms with E-state index in [9.17, 15) is 0 Å². The largest absolute Gasteiger partial charge is 0.496 e. The minimum absolute atomic E-state index is 0.836. The summed E-state index contributed by atoms with van der Waals surface area (Å²) in [7, 11) is 5.00. The van der Waals surface area contributed by atoms with Gasteiger partial charge in [-0.15, -0.1) is 0 Å². The molecule has 0 unspecified atom stereocenters. The molecule has 1 nitrogen and oxygen atoms in total. The lowest BCUT2D eigenvalue weighted by Crippen LogP contribution is -1.89. The highest BCUT2D eigenvalue weighted by Crippen LogP contribution is 2.21. The number of methoxy groups -OCH3 is 1. The van der Waals surface area contributed by atoms with E-state index in [1.807, 2.05) is 24.3 Å². The van der Waals surface area contributed by atoms with E-state index in [0.29, 0.717) is 0 Å².